The van der Waals surface area contributed by atoms with Crippen molar-refractivity contribution in [3.05, 3.63) is 34.5 Å². The highest BCUT2D eigenvalue weighted by atomic mass is 35.5. The van der Waals surface area contributed by atoms with Crippen molar-refractivity contribution < 1.29 is 23.4 Å². The summed E-state index contributed by atoms with van der Waals surface area (Å²) in [4.78, 5) is 10.9. The molecule has 0 saturated carbocycles. The van der Waals surface area contributed by atoms with E-state index in [0.717, 1.165) is 16.8 Å². The predicted octanol–water partition coefficient (Wildman–Crippen LogP) is 2.73. The fourth-order valence-corrected chi connectivity index (χ4v) is 2.00. The van der Waals surface area contributed by atoms with E-state index in [9.17, 15) is 13.6 Å². The summed E-state index contributed by atoms with van der Waals surface area (Å²) in [5.74, 6) is -3.42. The Bertz CT molecular complexity index is 700. The third kappa shape index (κ3) is 2.20. The van der Waals surface area contributed by atoms with Crippen molar-refractivity contribution >= 4 is 17.6 Å². The number of carboxylic acid groups (broad SMARTS) is 1. The summed E-state index contributed by atoms with van der Waals surface area (Å²) in [6.45, 7) is 0. The molecule has 0 aliphatic rings. The van der Waals surface area contributed by atoms with Gasteiger partial charge in [-0.3, -0.25) is 4.68 Å². The largest absolute Gasteiger partial charge is 0.493 e. The van der Waals surface area contributed by atoms with Gasteiger partial charge in [0, 0.05) is 7.05 Å². The van der Waals surface area contributed by atoms with Crippen molar-refractivity contribution in [2.45, 2.75) is 0 Å². The number of aromatic carboxylic acids is 1. The maximum Gasteiger partial charge on any atom is 0.356 e. The first-order chi connectivity index (χ1) is 9.36. The number of halogens is 3. The monoisotopic (exact) mass is 302 g/mol. The number of carboxylic acids is 1. The first-order valence-corrected chi connectivity index (χ1v) is 5.73. The predicted molar refractivity (Wildman–Crippen MR) is 67.1 cm³/mol. The molecule has 2 aromatic rings. The minimum atomic E-state index is -1.28. The second-order valence-electron chi connectivity index (χ2n) is 3.91. The van der Waals surface area contributed by atoms with Crippen LogP contribution in [0.3, 0.4) is 0 Å². The van der Waals surface area contributed by atoms with Crippen LogP contribution in [0.15, 0.2) is 12.1 Å². The molecule has 2 rings (SSSR count). The van der Waals surface area contributed by atoms with E-state index in [1.54, 1.807) is 0 Å². The Morgan fingerprint density at radius 1 is 1.45 bits per heavy atom. The lowest BCUT2D eigenvalue weighted by atomic mass is 10.1. The molecule has 0 aliphatic carbocycles. The molecule has 0 unspecified atom stereocenters. The number of carbonyl (C=O) groups is 1. The molecule has 0 fully saturated rings. The molecule has 1 aromatic carbocycles. The molecule has 1 heterocycles. The Morgan fingerprint density at radius 2 is 2.10 bits per heavy atom. The van der Waals surface area contributed by atoms with Crippen LogP contribution in [-0.4, -0.2) is 28.0 Å². The van der Waals surface area contributed by atoms with Crippen molar-refractivity contribution in [2.75, 3.05) is 7.11 Å². The smallest absolute Gasteiger partial charge is 0.356 e. The second-order valence-corrected chi connectivity index (χ2v) is 4.31. The zero-order chi connectivity index (χ0) is 15.0. The molecule has 0 aliphatic heterocycles. The van der Waals surface area contributed by atoms with Gasteiger partial charge >= 0.3 is 5.97 Å². The van der Waals surface area contributed by atoms with Gasteiger partial charge in [0.2, 0.25) is 0 Å². The van der Waals surface area contributed by atoms with Gasteiger partial charge in [-0.2, -0.15) is 5.10 Å². The summed E-state index contributed by atoms with van der Waals surface area (Å²) in [6, 6.07) is 1.90. The summed E-state index contributed by atoms with van der Waals surface area (Å²) in [5, 5.41) is 12.1. The lowest BCUT2D eigenvalue weighted by Gasteiger charge is -2.11. The van der Waals surface area contributed by atoms with Crippen molar-refractivity contribution in [1.82, 2.24) is 9.78 Å². The van der Waals surface area contributed by atoms with Crippen LogP contribution in [0.25, 0.3) is 11.3 Å². The molecule has 0 radical (unpaired) electrons. The summed E-state index contributed by atoms with van der Waals surface area (Å²) < 4.78 is 33.8. The molecule has 0 spiro atoms. The zero-order valence-corrected chi connectivity index (χ0v) is 11.2. The second kappa shape index (κ2) is 5.09. The van der Waals surface area contributed by atoms with Gasteiger partial charge in [-0.15, -0.1) is 0 Å². The topological polar surface area (TPSA) is 64.3 Å². The highest BCUT2D eigenvalue weighted by Crippen LogP contribution is 2.38. The maximum absolute atomic E-state index is 14.1. The van der Waals surface area contributed by atoms with Crippen molar-refractivity contribution in [3.8, 4) is 17.0 Å². The number of hydrogen-bond donors (Lipinski definition) is 1. The van der Waals surface area contributed by atoms with Gasteiger partial charge < -0.3 is 9.84 Å². The molecule has 1 N–H and O–H groups in total. The van der Waals surface area contributed by atoms with Crippen LogP contribution in [-0.2, 0) is 7.05 Å². The highest BCUT2D eigenvalue weighted by Gasteiger charge is 2.24. The number of aromatic nitrogens is 2. The van der Waals surface area contributed by atoms with Crippen LogP contribution in [0, 0.1) is 11.6 Å². The maximum atomic E-state index is 14.1. The first-order valence-electron chi connectivity index (χ1n) is 5.36. The SMILES string of the molecule is COc1c(F)cc(Cl)c(F)c1-c1cc(C(=O)O)nn1C. The van der Waals surface area contributed by atoms with Crippen LogP contribution < -0.4 is 4.74 Å². The van der Waals surface area contributed by atoms with E-state index in [4.69, 9.17) is 21.4 Å². The summed E-state index contributed by atoms with van der Waals surface area (Å²) in [6.07, 6.45) is 0. The van der Waals surface area contributed by atoms with Gasteiger partial charge in [-0.05, 0) is 12.1 Å². The Hall–Kier alpha value is -2.15. The van der Waals surface area contributed by atoms with E-state index in [-0.39, 0.29) is 22.7 Å². The van der Waals surface area contributed by atoms with Crippen LogP contribution in [0.1, 0.15) is 10.5 Å². The van der Waals surface area contributed by atoms with E-state index in [1.165, 1.54) is 14.2 Å². The average molecular weight is 303 g/mol. The Balaban J connectivity index is 2.78. The molecular formula is C12H9ClF2N2O3. The van der Waals surface area contributed by atoms with Crippen molar-refractivity contribution in [1.29, 1.82) is 0 Å². The number of benzene rings is 1. The van der Waals surface area contributed by atoms with Gasteiger partial charge in [0.15, 0.2) is 23.1 Å². The number of methoxy groups -OCH3 is 1. The lowest BCUT2D eigenvalue weighted by Crippen LogP contribution is -2.02. The fraction of sp³-hybridized carbons (Fsp3) is 0.167. The highest BCUT2D eigenvalue weighted by molar-refractivity contribution is 6.31. The Kier molecular flexibility index (Phi) is 3.63. The number of nitrogens with zero attached hydrogens (tertiary/aromatic N) is 2. The number of rotatable bonds is 3. The molecule has 5 nitrogen and oxygen atoms in total. The zero-order valence-electron chi connectivity index (χ0n) is 10.4. The number of ether oxygens (including phenoxy) is 1. The van der Waals surface area contributed by atoms with Gasteiger partial charge in [-0.1, -0.05) is 11.6 Å². The third-order valence-corrected chi connectivity index (χ3v) is 2.96. The molecular weight excluding hydrogens is 294 g/mol. The fourth-order valence-electron chi connectivity index (χ4n) is 1.81. The minimum absolute atomic E-state index is 0.0400. The van der Waals surface area contributed by atoms with Gasteiger partial charge in [0.25, 0.3) is 0 Å². The van der Waals surface area contributed by atoms with Crippen LogP contribution >= 0.6 is 11.6 Å². The Morgan fingerprint density at radius 3 is 2.60 bits per heavy atom. The molecule has 0 atom stereocenters. The van der Waals surface area contributed by atoms with Crippen LogP contribution in [0.2, 0.25) is 5.02 Å². The average Bonchev–Trinajstić information content (AvgIpc) is 2.75. The Labute approximate surface area is 117 Å². The van der Waals surface area contributed by atoms with Gasteiger partial charge in [0.1, 0.15) is 0 Å². The van der Waals surface area contributed by atoms with Crippen LogP contribution in [0.5, 0.6) is 5.75 Å². The minimum Gasteiger partial charge on any atom is -0.493 e. The van der Waals surface area contributed by atoms with E-state index in [2.05, 4.69) is 5.10 Å². The lowest BCUT2D eigenvalue weighted by molar-refractivity contribution is 0.0689. The number of aryl methyl sites for hydroxylation is 1. The van der Waals surface area contributed by atoms with E-state index < -0.39 is 22.6 Å². The van der Waals surface area contributed by atoms with Gasteiger partial charge in [0.05, 0.1) is 23.4 Å². The van der Waals surface area contributed by atoms with Crippen molar-refractivity contribution in [3.63, 3.8) is 0 Å². The summed E-state index contributed by atoms with van der Waals surface area (Å²) >= 11 is 5.60. The molecule has 0 bridgehead atoms. The summed E-state index contributed by atoms with van der Waals surface area (Å²) in [5.41, 5.74) is -0.539. The molecule has 1 aromatic heterocycles. The van der Waals surface area contributed by atoms with Crippen LogP contribution in [0.4, 0.5) is 8.78 Å². The third-order valence-electron chi connectivity index (χ3n) is 2.69. The van der Waals surface area contributed by atoms with E-state index >= 15 is 0 Å². The van der Waals surface area contributed by atoms with Crippen molar-refractivity contribution in [2.24, 2.45) is 7.05 Å². The summed E-state index contributed by atoms with van der Waals surface area (Å²) in [7, 11) is 2.57. The standard InChI is InChI=1S/C12H9ClF2N2O3/c1-17-8(4-7(16-17)12(18)19)9-10(15)5(13)3-6(14)11(9)20-2/h3-4H,1-2H3,(H,18,19). The molecule has 0 amide bonds. The molecule has 8 heteroatoms. The first kappa shape index (κ1) is 14.3. The molecule has 20 heavy (non-hydrogen) atoms. The normalized spacial score (nSPS) is 10.7. The molecule has 106 valence electrons. The number of hydrogen-bond acceptors (Lipinski definition) is 3. The van der Waals surface area contributed by atoms with E-state index in [1.807, 2.05) is 0 Å². The van der Waals surface area contributed by atoms with E-state index in [0.29, 0.717) is 0 Å². The quantitative estimate of drug-likeness (QED) is 0.885. The molecule has 0 saturated heterocycles. The van der Waals surface area contributed by atoms with Gasteiger partial charge in [-0.25, -0.2) is 13.6 Å².